The molecule has 1 aromatic rings. The zero-order valence-electron chi connectivity index (χ0n) is 10.9. The summed E-state index contributed by atoms with van der Waals surface area (Å²) in [6.45, 7) is 5.50. The summed E-state index contributed by atoms with van der Waals surface area (Å²) in [7, 11) is 0. The Morgan fingerprint density at radius 2 is 1.83 bits per heavy atom. The van der Waals surface area contributed by atoms with Crippen molar-refractivity contribution in [1.82, 2.24) is 4.90 Å². The Balaban J connectivity index is 2.23. The lowest BCUT2D eigenvalue weighted by atomic mass is 10.0. The second-order valence-corrected chi connectivity index (χ2v) is 4.93. The van der Waals surface area contributed by atoms with E-state index in [-0.39, 0.29) is 24.2 Å². The van der Waals surface area contributed by atoms with Crippen molar-refractivity contribution in [2.45, 2.75) is 32.1 Å². The number of nitrogens with zero attached hydrogens (tertiary/aromatic N) is 1. The summed E-state index contributed by atoms with van der Waals surface area (Å²) in [5.74, 6) is -0.303. The summed E-state index contributed by atoms with van der Waals surface area (Å²) in [5, 5.41) is 0. The average molecular weight is 248 g/mol. The minimum atomic E-state index is -0.361. The van der Waals surface area contributed by atoms with E-state index in [2.05, 4.69) is 4.90 Å². The fraction of sp³-hybridized carbons (Fsp3) is 0.500. The van der Waals surface area contributed by atoms with E-state index in [0.717, 1.165) is 18.7 Å². The number of carbonyl (C=O) groups excluding carboxylic acids is 1. The van der Waals surface area contributed by atoms with E-state index in [1.165, 1.54) is 0 Å². The van der Waals surface area contributed by atoms with Gasteiger partial charge in [0.15, 0.2) is 0 Å². The molecule has 0 radical (unpaired) electrons. The third-order valence-corrected chi connectivity index (χ3v) is 3.20. The first kappa shape index (κ1) is 13.1. The van der Waals surface area contributed by atoms with Gasteiger partial charge in [0.25, 0.3) is 0 Å². The summed E-state index contributed by atoms with van der Waals surface area (Å²) in [6, 6.07) is 9.32. The van der Waals surface area contributed by atoms with Crippen molar-refractivity contribution in [1.29, 1.82) is 0 Å². The number of amides is 1. The van der Waals surface area contributed by atoms with E-state index >= 15 is 0 Å². The lowest BCUT2D eigenvalue weighted by Crippen LogP contribution is -2.50. The summed E-state index contributed by atoms with van der Waals surface area (Å²) in [5.41, 5.74) is 6.52. The van der Waals surface area contributed by atoms with Gasteiger partial charge in [-0.25, -0.2) is 0 Å². The lowest BCUT2D eigenvalue weighted by molar-refractivity contribution is -0.130. The molecule has 0 aromatic heterocycles. The summed E-state index contributed by atoms with van der Waals surface area (Å²) < 4.78 is 5.69. The van der Waals surface area contributed by atoms with Gasteiger partial charge in [0.2, 0.25) is 5.91 Å². The largest absolute Gasteiger partial charge is 0.373 e. The van der Waals surface area contributed by atoms with Crippen LogP contribution in [0.2, 0.25) is 0 Å². The molecule has 0 saturated carbocycles. The maximum absolute atomic E-state index is 11.8. The summed E-state index contributed by atoms with van der Waals surface area (Å²) in [6.07, 6.45) is 0.249. The van der Waals surface area contributed by atoms with Crippen LogP contribution in [0.3, 0.4) is 0 Å². The van der Waals surface area contributed by atoms with E-state index in [4.69, 9.17) is 10.5 Å². The van der Waals surface area contributed by atoms with Crippen molar-refractivity contribution in [2.75, 3.05) is 13.1 Å². The topological polar surface area (TPSA) is 55.6 Å². The molecule has 3 unspecified atom stereocenters. The van der Waals surface area contributed by atoms with E-state index in [1.807, 2.05) is 44.2 Å². The zero-order chi connectivity index (χ0) is 13.1. The van der Waals surface area contributed by atoms with Gasteiger partial charge in [-0.1, -0.05) is 30.3 Å². The minimum absolute atomic E-state index is 0.124. The van der Waals surface area contributed by atoms with E-state index in [0.29, 0.717) is 0 Å². The molecule has 0 spiro atoms. The molecule has 1 saturated heterocycles. The number of carbonyl (C=O) groups is 1. The van der Waals surface area contributed by atoms with Crippen LogP contribution in [0.25, 0.3) is 0 Å². The quantitative estimate of drug-likeness (QED) is 0.877. The highest BCUT2D eigenvalue weighted by Gasteiger charge is 2.31. The maximum atomic E-state index is 11.8. The number of benzene rings is 1. The van der Waals surface area contributed by atoms with Crippen LogP contribution in [0.4, 0.5) is 0 Å². The highest BCUT2D eigenvalue weighted by molar-refractivity contribution is 5.81. The molecule has 0 aliphatic carbocycles. The van der Waals surface area contributed by atoms with Crippen molar-refractivity contribution in [3.8, 4) is 0 Å². The molecule has 18 heavy (non-hydrogen) atoms. The lowest BCUT2D eigenvalue weighted by Gasteiger charge is -2.39. The standard InChI is InChI=1S/C14H20N2O2/c1-10-8-16(9-11(2)18-10)13(14(15)17)12-6-4-3-5-7-12/h3-7,10-11,13H,8-9H2,1-2H3,(H2,15,17). The van der Waals surface area contributed by atoms with Crippen LogP contribution >= 0.6 is 0 Å². The molecule has 2 rings (SSSR count). The van der Waals surface area contributed by atoms with Gasteiger partial charge in [0, 0.05) is 13.1 Å². The molecule has 1 aliphatic heterocycles. The molecule has 1 aromatic carbocycles. The number of hydrogen-bond donors (Lipinski definition) is 1. The molecule has 3 atom stereocenters. The third-order valence-electron chi connectivity index (χ3n) is 3.20. The van der Waals surface area contributed by atoms with E-state index in [1.54, 1.807) is 0 Å². The SMILES string of the molecule is CC1CN(C(C(N)=O)c2ccccc2)CC(C)O1. The first-order valence-electron chi connectivity index (χ1n) is 6.31. The number of primary amides is 1. The van der Waals surface area contributed by atoms with Gasteiger partial charge in [-0.2, -0.15) is 0 Å². The highest BCUT2D eigenvalue weighted by atomic mass is 16.5. The van der Waals surface area contributed by atoms with Gasteiger partial charge in [0.05, 0.1) is 12.2 Å². The molecule has 1 amide bonds. The van der Waals surface area contributed by atoms with Gasteiger partial charge < -0.3 is 10.5 Å². The number of nitrogens with two attached hydrogens (primary N) is 1. The second-order valence-electron chi connectivity index (χ2n) is 4.93. The van der Waals surface area contributed by atoms with Crippen molar-refractivity contribution >= 4 is 5.91 Å². The molecule has 4 heteroatoms. The van der Waals surface area contributed by atoms with Crippen molar-refractivity contribution in [3.63, 3.8) is 0 Å². The van der Waals surface area contributed by atoms with Crippen LogP contribution in [0.5, 0.6) is 0 Å². The molecule has 4 nitrogen and oxygen atoms in total. The Bertz CT molecular complexity index is 398. The summed E-state index contributed by atoms with van der Waals surface area (Å²) >= 11 is 0. The van der Waals surface area contributed by atoms with E-state index in [9.17, 15) is 4.79 Å². The smallest absolute Gasteiger partial charge is 0.239 e. The summed E-state index contributed by atoms with van der Waals surface area (Å²) in [4.78, 5) is 13.9. The second kappa shape index (κ2) is 5.50. The molecular weight excluding hydrogens is 228 g/mol. The van der Waals surface area contributed by atoms with Crippen molar-refractivity contribution < 1.29 is 9.53 Å². The molecule has 98 valence electrons. The molecule has 1 heterocycles. The average Bonchev–Trinajstić information content (AvgIpc) is 2.28. The first-order chi connectivity index (χ1) is 8.58. The van der Waals surface area contributed by atoms with Gasteiger partial charge >= 0.3 is 0 Å². The predicted octanol–water partition coefficient (Wildman–Crippen LogP) is 1.32. The van der Waals surface area contributed by atoms with Gasteiger partial charge in [0.1, 0.15) is 6.04 Å². The van der Waals surface area contributed by atoms with E-state index < -0.39 is 0 Å². The zero-order valence-corrected chi connectivity index (χ0v) is 10.9. The molecule has 2 N–H and O–H groups in total. The Labute approximate surface area is 108 Å². The van der Waals surface area contributed by atoms with Crippen LogP contribution in [-0.4, -0.2) is 36.1 Å². The fourth-order valence-electron chi connectivity index (χ4n) is 2.62. The Hall–Kier alpha value is -1.39. The fourth-order valence-corrected chi connectivity index (χ4v) is 2.62. The number of hydrogen-bond acceptors (Lipinski definition) is 3. The van der Waals surface area contributed by atoms with Crippen molar-refractivity contribution in [3.05, 3.63) is 35.9 Å². The Morgan fingerprint density at radius 3 is 2.33 bits per heavy atom. The minimum Gasteiger partial charge on any atom is -0.373 e. The number of rotatable bonds is 3. The van der Waals surface area contributed by atoms with Crippen LogP contribution in [0, 0.1) is 0 Å². The number of ether oxygens (including phenoxy) is 1. The van der Waals surface area contributed by atoms with Crippen molar-refractivity contribution in [2.24, 2.45) is 5.73 Å². The molecule has 1 fully saturated rings. The first-order valence-corrected chi connectivity index (χ1v) is 6.31. The maximum Gasteiger partial charge on any atom is 0.239 e. The van der Waals surface area contributed by atoms with Gasteiger partial charge in [-0.3, -0.25) is 9.69 Å². The van der Waals surface area contributed by atoms with Crippen LogP contribution in [0.15, 0.2) is 30.3 Å². The third kappa shape index (κ3) is 2.89. The highest BCUT2D eigenvalue weighted by Crippen LogP contribution is 2.24. The molecular formula is C14H20N2O2. The number of morpholine rings is 1. The molecule has 1 aliphatic rings. The Kier molecular flexibility index (Phi) is 3.99. The predicted molar refractivity (Wildman–Crippen MR) is 70.0 cm³/mol. The van der Waals surface area contributed by atoms with Gasteiger partial charge in [-0.15, -0.1) is 0 Å². The van der Waals surface area contributed by atoms with Gasteiger partial charge in [-0.05, 0) is 19.4 Å². The normalized spacial score (nSPS) is 26.8. The van der Waals surface area contributed by atoms with Crippen LogP contribution in [0.1, 0.15) is 25.5 Å². The van der Waals surface area contributed by atoms with Crippen LogP contribution < -0.4 is 5.73 Å². The Morgan fingerprint density at radius 1 is 1.28 bits per heavy atom. The monoisotopic (exact) mass is 248 g/mol. The molecule has 0 bridgehead atoms. The van der Waals surface area contributed by atoms with Crippen LogP contribution in [-0.2, 0) is 9.53 Å².